The highest BCUT2D eigenvalue weighted by Gasteiger charge is 2.46. The van der Waals surface area contributed by atoms with Crippen molar-refractivity contribution in [1.29, 1.82) is 0 Å². The van der Waals surface area contributed by atoms with Crippen LogP contribution < -0.4 is 0 Å². The van der Waals surface area contributed by atoms with E-state index >= 15 is 0 Å². The van der Waals surface area contributed by atoms with Crippen LogP contribution in [0.5, 0.6) is 0 Å². The molecule has 0 aromatic carbocycles. The van der Waals surface area contributed by atoms with Gasteiger partial charge in [0.25, 0.3) is 0 Å². The summed E-state index contributed by atoms with van der Waals surface area (Å²) in [5.74, 6) is -2.55. The van der Waals surface area contributed by atoms with Gasteiger partial charge in [0.15, 0.2) is 0 Å². The van der Waals surface area contributed by atoms with Crippen LogP contribution in [-0.2, 0) is 21.4 Å². The van der Waals surface area contributed by atoms with Crippen LogP contribution in [-0.4, -0.2) is 70.8 Å². The third-order valence-electron chi connectivity index (χ3n) is 4.71. The largest absolute Gasteiger partial charge is 0.490 e. The molecule has 2 atom stereocenters. The molecule has 2 aliphatic heterocycles. The number of sulfonamides is 1. The average Bonchev–Trinajstić information content (AvgIpc) is 3.19. The van der Waals surface area contributed by atoms with Crippen LogP contribution in [0, 0.1) is 0 Å². The first kappa shape index (κ1) is 21.6. The van der Waals surface area contributed by atoms with Gasteiger partial charge in [-0.25, -0.2) is 13.2 Å². The highest BCUT2D eigenvalue weighted by atomic mass is 32.2. The zero-order chi connectivity index (χ0) is 20.2. The molecule has 0 radical (unpaired) electrons. The van der Waals surface area contributed by atoms with E-state index in [1.54, 1.807) is 17.4 Å². The van der Waals surface area contributed by atoms with Crippen LogP contribution in [0.4, 0.5) is 13.2 Å². The van der Waals surface area contributed by atoms with E-state index in [2.05, 4.69) is 16.0 Å². The number of aromatic nitrogens is 1. The molecule has 27 heavy (non-hydrogen) atoms. The molecule has 11 heteroatoms. The summed E-state index contributed by atoms with van der Waals surface area (Å²) in [5, 5.41) is 7.12. The smallest absolute Gasteiger partial charge is 0.475 e. The van der Waals surface area contributed by atoms with Crippen molar-refractivity contribution >= 4 is 16.0 Å². The van der Waals surface area contributed by atoms with Crippen molar-refractivity contribution in [2.45, 2.75) is 44.6 Å². The maximum atomic E-state index is 12.1. The molecule has 3 heterocycles. The van der Waals surface area contributed by atoms with Gasteiger partial charge in [-0.1, -0.05) is 6.07 Å². The molecular formula is C16H22F3N3O4S. The fourth-order valence-corrected chi connectivity index (χ4v) is 4.84. The van der Waals surface area contributed by atoms with Crippen molar-refractivity contribution in [2.24, 2.45) is 0 Å². The van der Waals surface area contributed by atoms with Gasteiger partial charge < -0.3 is 5.11 Å². The molecule has 0 aliphatic carbocycles. The van der Waals surface area contributed by atoms with Crippen LogP contribution in [0.15, 0.2) is 24.5 Å². The van der Waals surface area contributed by atoms with E-state index in [-0.39, 0.29) is 11.8 Å². The number of carboxylic acids is 1. The summed E-state index contributed by atoms with van der Waals surface area (Å²) in [5.41, 5.74) is 1.20. The lowest BCUT2D eigenvalue weighted by atomic mass is 10.1. The predicted molar refractivity (Wildman–Crippen MR) is 91.3 cm³/mol. The Morgan fingerprint density at radius 3 is 2.44 bits per heavy atom. The molecule has 1 N–H and O–H groups in total. The minimum atomic E-state index is -5.08. The molecule has 3 rings (SSSR count). The number of hydrogen-bond donors (Lipinski definition) is 1. The zero-order valence-corrected chi connectivity index (χ0v) is 15.6. The average molecular weight is 409 g/mol. The van der Waals surface area contributed by atoms with E-state index in [0.717, 1.165) is 25.9 Å². The Morgan fingerprint density at radius 2 is 1.93 bits per heavy atom. The molecule has 2 fully saturated rings. The highest BCUT2D eigenvalue weighted by Crippen LogP contribution is 2.34. The number of carbonyl (C=O) groups is 1. The van der Waals surface area contributed by atoms with Gasteiger partial charge in [-0.05, 0) is 31.4 Å². The van der Waals surface area contributed by atoms with E-state index in [1.807, 2.05) is 12.3 Å². The van der Waals surface area contributed by atoms with Crippen LogP contribution in [0.2, 0.25) is 0 Å². The number of alkyl halides is 3. The number of aliphatic carboxylic acids is 1. The van der Waals surface area contributed by atoms with E-state index in [0.29, 0.717) is 12.6 Å². The van der Waals surface area contributed by atoms with E-state index < -0.39 is 22.2 Å². The fourth-order valence-electron chi connectivity index (χ4n) is 3.47. The van der Waals surface area contributed by atoms with Gasteiger partial charge in [-0.2, -0.15) is 17.5 Å². The molecule has 0 saturated carbocycles. The Kier molecular flexibility index (Phi) is 6.82. The highest BCUT2D eigenvalue weighted by molar-refractivity contribution is 7.89. The quantitative estimate of drug-likeness (QED) is 0.814. The number of fused-ring (bicyclic) bond motifs is 1. The zero-order valence-electron chi connectivity index (χ0n) is 14.8. The van der Waals surface area contributed by atoms with Crippen molar-refractivity contribution in [3.8, 4) is 0 Å². The molecule has 152 valence electrons. The van der Waals surface area contributed by atoms with Gasteiger partial charge in [-0.3, -0.25) is 9.88 Å². The van der Waals surface area contributed by atoms with Crippen LogP contribution in [0.25, 0.3) is 0 Å². The van der Waals surface area contributed by atoms with Crippen LogP contribution in [0.3, 0.4) is 0 Å². The maximum Gasteiger partial charge on any atom is 0.490 e. The molecule has 1 aromatic rings. The Morgan fingerprint density at radius 1 is 1.30 bits per heavy atom. The monoisotopic (exact) mass is 409 g/mol. The Labute approximate surface area is 155 Å². The first-order chi connectivity index (χ1) is 12.6. The van der Waals surface area contributed by atoms with Gasteiger partial charge in [0.1, 0.15) is 0 Å². The SMILES string of the molecule is CCS(=O)(=O)N1CC[C@H]2[C@H]1CCN2Cc1cccnc1.O=C(O)C(F)(F)F. The Bertz CT molecular complexity index is 743. The molecule has 0 bridgehead atoms. The number of pyridine rings is 1. The van der Waals surface area contributed by atoms with Crippen molar-refractivity contribution in [2.75, 3.05) is 18.8 Å². The maximum absolute atomic E-state index is 12.1. The minimum Gasteiger partial charge on any atom is -0.475 e. The van der Waals surface area contributed by atoms with Gasteiger partial charge >= 0.3 is 12.1 Å². The summed E-state index contributed by atoms with van der Waals surface area (Å²) in [6.45, 7) is 4.25. The Balaban J connectivity index is 0.000000321. The third-order valence-corrected chi connectivity index (χ3v) is 6.61. The molecular weight excluding hydrogens is 387 g/mol. The second kappa shape index (κ2) is 8.53. The second-order valence-electron chi connectivity index (χ2n) is 6.36. The first-order valence-electron chi connectivity index (χ1n) is 8.49. The lowest BCUT2D eigenvalue weighted by Crippen LogP contribution is -2.40. The van der Waals surface area contributed by atoms with Crippen molar-refractivity contribution < 1.29 is 31.5 Å². The lowest BCUT2D eigenvalue weighted by molar-refractivity contribution is -0.192. The molecule has 7 nitrogen and oxygen atoms in total. The molecule has 0 amide bonds. The van der Waals surface area contributed by atoms with Crippen LogP contribution in [0.1, 0.15) is 25.3 Å². The van der Waals surface area contributed by atoms with E-state index in [4.69, 9.17) is 9.90 Å². The number of nitrogens with zero attached hydrogens (tertiary/aromatic N) is 3. The topological polar surface area (TPSA) is 90.8 Å². The number of hydrogen-bond acceptors (Lipinski definition) is 5. The molecule has 2 saturated heterocycles. The molecule has 1 aromatic heterocycles. The summed E-state index contributed by atoms with van der Waals surface area (Å²) in [4.78, 5) is 15.5. The van der Waals surface area contributed by atoms with Crippen molar-refractivity contribution in [1.82, 2.24) is 14.2 Å². The summed E-state index contributed by atoms with van der Waals surface area (Å²) >= 11 is 0. The fraction of sp³-hybridized carbons (Fsp3) is 0.625. The normalized spacial score (nSPS) is 23.6. The van der Waals surface area contributed by atoms with E-state index in [9.17, 15) is 21.6 Å². The van der Waals surface area contributed by atoms with Gasteiger partial charge in [0.05, 0.1) is 5.75 Å². The standard InChI is InChI=1S/C14H21N3O2S.C2HF3O2/c1-2-20(18,19)17-9-6-13-14(17)5-8-16(13)11-12-4-3-7-15-10-12;3-2(4,5)1(6)7/h3-4,7,10,13-14H,2,5-6,8-9,11H2,1H3;(H,6,7)/t13-,14+;/m0./s1. The van der Waals surface area contributed by atoms with E-state index in [1.165, 1.54) is 5.56 Å². The third kappa shape index (κ3) is 5.39. The minimum absolute atomic E-state index is 0.177. The predicted octanol–water partition coefficient (Wildman–Crippen LogP) is 1.71. The molecule has 2 aliphatic rings. The summed E-state index contributed by atoms with van der Waals surface area (Å²) < 4.78 is 57.7. The van der Waals surface area contributed by atoms with Crippen LogP contribution >= 0.6 is 0 Å². The summed E-state index contributed by atoms with van der Waals surface area (Å²) in [6.07, 6.45) is 0.485. The summed E-state index contributed by atoms with van der Waals surface area (Å²) in [6, 6.07) is 4.58. The first-order valence-corrected chi connectivity index (χ1v) is 10.1. The van der Waals surface area contributed by atoms with Gasteiger partial charge in [-0.15, -0.1) is 0 Å². The van der Waals surface area contributed by atoms with Crippen molar-refractivity contribution in [3.63, 3.8) is 0 Å². The molecule has 0 spiro atoms. The van der Waals surface area contributed by atoms with Gasteiger partial charge in [0.2, 0.25) is 10.0 Å². The van der Waals surface area contributed by atoms with Crippen molar-refractivity contribution in [3.05, 3.63) is 30.1 Å². The number of rotatable bonds is 4. The number of carboxylic acid groups (broad SMARTS) is 1. The van der Waals surface area contributed by atoms with Gasteiger partial charge in [0, 0.05) is 44.1 Å². The number of halogens is 3. The molecule has 0 unspecified atom stereocenters. The number of likely N-dealkylation sites (tertiary alicyclic amines) is 1. The summed E-state index contributed by atoms with van der Waals surface area (Å²) in [7, 11) is -3.05. The lowest BCUT2D eigenvalue weighted by Gasteiger charge is -2.25. The Hall–Kier alpha value is -1.72. The second-order valence-corrected chi connectivity index (χ2v) is 8.57.